The van der Waals surface area contributed by atoms with Gasteiger partial charge in [-0.2, -0.15) is 5.10 Å². The van der Waals surface area contributed by atoms with Crippen LogP contribution in [0.4, 0.5) is 11.4 Å². The summed E-state index contributed by atoms with van der Waals surface area (Å²) in [7, 11) is -1.76. The molecule has 0 aromatic heterocycles. The Morgan fingerprint density at radius 2 is 1.70 bits per heavy atom. The van der Waals surface area contributed by atoms with Crippen molar-refractivity contribution in [2.45, 2.75) is 18.4 Å². The number of nitrogens with one attached hydrogen (secondary N) is 1. The van der Waals surface area contributed by atoms with Crippen molar-refractivity contribution in [2.75, 3.05) is 25.1 Å². The third-order valence-corrected chi connectivity index (χ3v) is 8.95. The second kappa shape index (κ2) is 15.0. The number of nitrogens with zero attached hydrogens (tertiary/aromatic N) is 3. The molecule has 240 valence electrons. The van der Waals surface area contributed by atoms with Gasteiger partial charge in [-0.1, -0.05) is 47.5 Å². The highest BCUT2D eigenvalue weighted by molar-refractivity contribution is 7.92. The molecule has 12 nitrogen and oxygen atoms in total. The van der Waals surface area contributed by atoms with Gasteiger partial charge in [0.1, 0.15) is 18.9 Å². The predicted molar refractivity (Wildman–Crippen MR) is 175 cm³/mol. The molecule has 1 amide bonds. The summed E-state index contributed by atoms with van der Waals surface area (Å²) in [6.07, 6.45) is 1.33. The highest BCUT2D eigenvalue weighted by atomic mass is 35.5. The van der Waals surface area contributed by atoms with Crippen molar-refractivity contribution in [3.8, 4) is 17.2 Å². The molecule has 4 aromatic rings. The van der Waals surface area contributed by atoms with E-state index in [1.165, 1.54) is 57.7 Å². The number of hydrogen-bond acceptors (Lipinski definition) is 9. The first-order valence-electron chi connectivity index (χ1n) is 13.4. The van der Waals surface area contributed by atoms with E-state index in [-0.39, 0.29) is 28.6 Å². The molecule has 0 fully saturated rings. The second-order valence-corrected chi connectivity index (χ2v) is 12.3. The zero-order valence-electron chi connectivity index (χ0n) is 24.8. The number of sulfonamides is 1. The fraction of sp³-hybridized carbons (Fsp3) is 0.161. The lowest BCUT2D eigenvalue weighted by molar-refractivity contribution is -0.385. The van der Waals surface area contributed by atoms with E-state index >= 15 is 0 Å². The number of ether oxygens (including phenoxy) is 3. The van der Waals surface area contributed by atoms with Gasteiger partial charge in [0.05, 0.1) is 35.9 Å². The zero-order valence-corrected chi connectivity index (χ0v) is 27.1. The number of anilines is 1. The van der Waals surface area contributed by atoms with E-state index in [9.17, 15) is 23.3 Å². The number of rotatable bonds is 13. The maximum Gasteiger partial charge on any atom is 0.273 e. The number of hydrazone groups is 1. The van der Waals surface area contributed by atoms with Gasteiger partial charge in [0.25, 0.3) is 21.6 Å². The van der Waals surface area contributed by atoms with Crippen LogP contribution in [0.1, 0.15) is 16.7 Å². The molecule has 15 heteroatoms. The number of methoxy groups -OCH3 is 2. The van der Waals surface area contributed by atoms with Gasteiger partial charge in [0.2, 0.25) is 0 Å². The minimum atomic E-state index is -4.55. The van der Waals surface area contributed by atoms with E-state index in [0.717, 1.165) is 15.9 Å². The van der Waals surface area contributed by atoms with Crippen LogP contribution < -0.4 is 23.9 Å². The van der Waals surface area contributed by atoms with Gasteiger partial charge in [-0.25, -0.2) is 13.8 Å². The van der Waals surface area contributed by atoms with Crippen molar-refractivity contribution in [3.05, 3.63) is 116 Å². The Morgan fingerprint density at radius 1 is 0.978 bits per heavy atom. The van der Waals surface area contributed by atoms with Gasteiger partial charge in [-0.15, -0.1) is 0 Å². The van der Waals surface area contributed by atoms with Crippen molar-refractivity contribution < 1.29 is 32.3 Å². The molecule has 1 N–H and O–H groups in total. The number of carbonyl (C=O) groups is 1. The van der Waals surface area contributed by atoms with Crippen LogP contribution in [0.25, 0.3) is 0 Å². The molecular weight excluding hydrogens is 659 g/mol. The Bertz CT molecular complexity index is 1900. The normalized spacial score (nSPS) is 11.2. The molecule has 0 atom stereocenters. The van der Waals surface area contributed by atoms with Gasteiger partial charge >= 0.3 is 0 Å². The molecule has 0 radical (unpaired) electrons. The molecule has 0 unspecified atom stereocenters. The Hall–Kier alpha value is -4.85. The summed E-state index contributed by atoms with van der Waals surface area (Å²) in [5.74, 6) is 0.126. The van der Waals surface area contributed by atoms with Crippen molar-refractivity contribution in [2.24, 2.45) is 5.10 Å². The van der Waals surface area contributed by atoms with Crippen molar-refractivity contribution >= 4 is 56.7 Å². The molecule has 46 heavy (non-hydrogen) atoms. The van der Waals surface area contributed by atoms with Gasteiger partial charge in [0, 0.05) is 27.2 Å². The Balaban J connectivity index is 1.55. The van der Waals surface area contributed by atoms with Crippen molar-refractivity contribution in [3.63, 3.8) is 0 Å². The molecule has 0 spiro atoms. The average molecular weight is 688 g/mol. The summed E-state index contributed by atoms with van der Waals surface area (Å²) in [4.78, 5) is 23.5. The fourth-order valence-corrected chi connectivity index (χ4v) is 6.03. The van der Waals surface area contributed by atoms with Crippen LogP contribution in [0, 0.1) is 17.0 Å². The number of nitro benzene ring substituents is 1. The molecule has 4 rings (SSSR count). The third kappa shape index (κ3) is 8.05. The summed E-state index contributed by atoms with van der Waals surface area (Å²) >= 11 is 12.4. The average Bonchev–Trinajstić information content (AvgIpc) is 3.03. The lowest BCUT2D eigenvalue weighted by Gasteiger charge is -2.25. The highest BCUT2D eigenvalue weighted by Crippen LogP contribution is 2.36. The van der Waals surface area contributed by atoms with E-state index in [1.54, 1.807) is 24.3 Å². The van der Waals surface area contributed by atoms with Crippen LogP contribution in [0.5, 0.6) is 17.2 Å². The second-order valence-electron chi connectivity index (χ2n) is 9.62. The fourth-order valence-electron chi connectivity index (χ4n) is 4.23. The third-order valence-electron chi connectivity index (χ3n) is 6.59. The first-order chi connectivity index (χ1) is 21.9. The predicted octanol–water partition coefficient (Wildman–Crippen LogP) is 6.15. The molecule has 0 aliphatic rings. The van der Waals surface area contributed by atoms with E-state index < -0.39 is 38.0 Å². The van der Waals surface area contributed by atoms with E-state index in [1.807, 2.05) is 18.2 Å². The minimum absolute atomic E-state index is 0.0607. The van der Waals surface area contributed by atoms with Crippen LogP contribution in [-0.2, 0) is 21.4 Å². The monoisotopic (exact) mass is 686 g/mol. The molecule has 0 aliphatic carbocycles. The molecule has 0 saturated carbocycles. The van der Waals surface area contributed by atoms with Gasteiger partial charge < -0.3 is 14.2 Å². The summed E-state index contributed by atoms with van der Waals surface area (Å²) in [5.41, 5.74) is 3.45. The Kier molecular flexibility index (Phi) is 11.1. The number of benzene rings is 4. The maximum atomic E-state index is 13.8. The molecule has 0 saturated heterocycles. The SMILES string of the molecule is COc1cc(/C=N\NC(=O)CN(c2cc(Cl)ccc2OC)S(=O)(=O)c2ccc(C)c([N+](=O)[O-])c2)ccc1OCc1ccccc1Cl. The molecule has 0 aliphatic heterocycles. The molecule has 4 aromatic carbocycles. The van der Waals surface area contributed by atoms with Gasteiger partial charge in [0.15, 0.2) is 11.5 Å². The summed E-state index contributed by atoms with van der Waals surface area (Å²) in [6.45, 7) is 0.928. The maximum absolute atomic E-state index is 13.8. The van der Waals surface area contributed by atoms with Gasteiger partial charge in [-0.3, -0.25) is 19.2 Å². The quantitative estimate of drug-likeness (QED) is 0.0999. The zero-order chi connectivity index (χ0) is 33.4. The standard InChI is InChI=1S/C31H28Cl2N4O8S/c1-20-8-11-24(16-26(20)37(39)40)46(41,42)36(27-15-23(32)10-13-28(27)43-2)18-31(38)35-34-17-21-9-12-29(30(14-21)44-3)45-19-22-6-4-5-7-25(22)33/h4-17H,18-19H2,1-3H3,(H,35,38)/b34-17-. The van der Waals surface area contributed by atoms with Crippen LogP contribution >= 0.6 is 23.2 Å². The van der Waals surface area contributed by atoms with Crippen molar-refractivity contribution in [1.82, 2.24) is 5.43 Å². The Morgan fingerprint density at radius 3 is 2.39 bits per heavy atom. The van der Waals surface area contributed by atoms with Crippen LogP contribution in [0.3, 0.4) is 0 Å². The lowest BCUT2D eigenvalue weighted by atomic mass is 10.2. The highest BCUT2D eigenvalue weighted by Gasteiger charge is 2.31. The Labute approximate surface area is 275 Å². The van der Waals surface area contributed by atoms with Crippen LogP contribution in [0.2, 0.25) is 10.0 Å². The lowest BCUT2D eigenvalue weighted by Crippen LogP contribution is -2.39. The minimum Gasteiger partial charge on any atom is -0.495 e. The van der Waals surface area contributed by atoms with Crippen molar-refractivity contribution in [1.29, 1.82) is 0 Å². The number of aryl methyl sites for hydroxylation is 1. The first kappa shape index (κ1) is 34.0. The first-order valence-corrected chi connectivity index (χ1v) is 15.6. The molecular formula is C31H28Cl2N4O8S. The van der Waals surface area contributed by atoms with E-state index in [4.69, 9.17) is 37.4 Å². The van der Waals surface area contributed by atoms with E-state index in [0.29, 0.717) is 22.1 Å². The summed E-state index contributed by atoms with van der Waals surface area (Å²) in [5, 5.41) is 16.2. The molecule has 0 heterocycles. The van der Waals surface area contributed by atoms with E-state index in [2.05, 4.69) is 10.5 Å². The topological polar surface area (TPSA) is 150 Å². The summed E-state index contributed by atoms with van der Waals surface area (Å²) < 4.78 is 45.1. The number of hydrogen-bond donors (Lipinski definition) is 1. The summed E-state index contributed by atoms with van der Waals surface area (Å²) in [6, 6.07) is 19.9. The molecule has 0 bridgehead atoms. The van der Waals surface area contributed by atoms with Crippen LogP contribution in [-0.4, -0.2) is 46.2 Å². The number of amides is 1. The number of halogens is 2. The van der Waals surface area contributed by atoms with Gasteiger partial charge in [-0.05, 0) is 61.0 Å². The number of nitro groups is 1. The number of carbonyl (C=O) groups excluding carboxylic acids is 1. The smallest absolute Gasteiger partial charge is 0.273 e. The largest absolute Gasteiger partial charge is 0.495 e. The van der Waals surface area contributed by atoms with Crippen LogP contribution in [0.15, 0.2) is 88.9 Å².